The van der Waals surface area contributed by atoms with E-state index in [0.717, 1.165) is 0 Å². The van der Waals surface area contributed by atoms with Crippen LogP contribution in [0.1, 0.15) is 33.3 Å². The Morgan fingerprint density at radius 3 is 2.28 bits per heavy atom. The number of aliphatic hydroxyl groups is 1. The second-order valence-electron chi connectivity index (χ2n) is 5.60. The van der Waals surface area contributed by atoms with E-state index in [1.165, 1.54) is 0 Å². The third-order valence-corrected chi connectivity index (χ3v) is 4.93. The summed E-state index contributed by atoms with van der Waals surface area (Å²) in [6.07, 6.45) is -0.204. The van der Waals surface area contributed by atoms with Gasteiger partial charge in [-0.05, 0) is 17.0 Å². The van der Waals surface area contributed by atoms with Gasteiger partial charge in [-0.3, -0.25) is 0 Å². The van der Waals surface area contributed by atoms with Crippen LogP contribution in [0.25, 0.3) is 0 Å². The van der Waals surface area contributed by atoms with Crippen LogP contribution in [0.4, 0.5) is 0 Å². The molecule has 0 heterocycles. The molecule has 0 aliphatic carbocycles. The monoisotopic (exact) mass is 270 g/mol. The van der Waals surface area contributed by atoms with Gasteiger partial charge in [0.1, 0.15) is 0 Å². The first-order valence-corrected chi connectivity index (χ1v) is 7.82. The van der Waals surface area contributed by atoms with Crippen molar-refractivity contribution in [1.29, 1.82) is 0 Å². The highest BCUT2D eigenvalue weighted by Gasteiger charge is 2.25. The van der Waals surface area contributed by atoms with Crippen molar-refractivity contribution >= 4 is 9.84 Å². The van der Waals surface area contributed by atoms with E-state index in [1.807, 2.05) is 20.8 Å². The Morgan fingerprint density at radius 2 is 1.78 bits per heavy atom. The number of hydrogen-bond acceptors (Lipinski definition) is 3. The molecule has 1 aromatic carbocycles. The molecular weight excluding hydrogens is 248 g/mol. The molecule has 102 valence electrons. The fraction of sp³-hybridized carbons (Fsp3) is 0.571. The van der Waals surface area contributed by atoms with E-state index in [0.29, 0.717) is 16.9 Å². The predicted molar refractivity (Wildman–Crippen MR) is 73.3 cm³/mol. The van der Waals surface area contributed by atoms with Crippen LogP contribution in [-0.4, -0.2) is 25.4 Å². The molecule has 0 saturated heterocycles. The zero-order chi connectivity index (χ0) is 14.0. The maximum absolute atomic E-state index is 12.0. The van der Waals surface area contributed by atoms with Gasteiger partial charge in [0.05, 0.1) is 16.8 Å². The highest BCUT2D eigenvalue weighted by atomic mass is 32.2. The Hall–Kier alpha value is -0.870. The van der Waals surface area contributed by atoms with Gasteiger partial charge >= 0.3 is 0 Å². The molecule has 0 saturated carbocycles. The highest BCUT2D eigenvalue weighted by Crippen LogP contribution is 2.25. The van der Waals surface area contributed by atoms with Gasteiger partial charge in [-0.2, -0.15) is 0 Å². The molecule has 0 aliphatic heterocycles. The standard InChI is InChI=1S/C14H22O3S/c1-5-18(16,17)12-9-7-6-8-11(12)10-13(15)14(2,3)4/h6-9,13,15H,5,10H2,1-4H3. The summed E-state index contributed by atoms with van der Waals surface area (Å²) in [5.74, 6) is 0.0790. The van der Waals surface area contributed by atoms with Crippen molar-refractivity contribution in [3.05, 3.63) is 29.8 Å². The molecule has 18 heavy (non-hydrogen) atoms. The van der Waals surface area contributed by atoms with Crippen molar-refractivity contribution in [3.63, 3.8) is 0 Å². The zero-order valence-electron chi connectivity index (χ0n) is 11.5. The minimum atomic E-state index is -3.23. The summed E-state index contributed by atoms with van der Waals surface area (Å²) in [4.78, 5) is 0.343. The molecule has 1 unspecified atom stereocenters. The van der Waals surface area contributed by atoms with E-state index in [-0.39, 0.29) is 11.2 Å². The Bertz CT molecular complexity index is 498. The van der Waals surface area contributed by atoms with Gasteiger partial charge < -0.3 is 5.11 Å². The smallest absolute Gasteiger partial charge is 0.178 e. The average molecular weight is 270 g/mol. The summed E-state index contributed by atoms with van der Waals surface area (Å²) < 4.78 is 23.9. The number of hydrogen-bond donors (Lipinski definition) is 1. The number of rotatable bonds is 4. The lowest BCUT2D eigenvalue weighted by Crippen LogP contribution is -2.28. The van der Waals surface area contributed by atoms with E-state index < -0.39 is 15.9 Å². The predicted octanol–water partition coefficient (Wildman–Crippen LogP) is 2.43. The molecule has 0 radical (unpaired) electrons. The van der Waals surface area contributed by atoms with Gasteiger partial charge in [-0.15, -0.1) is 0 Å². The maximum atomic E-state index is 12.0. The van der Waals surface area contributed by atoms with Gasteiger partial charge in [0.15, 0.2) is 9.84 Å². The quantitative estimate of drug-likeness (QED) is 0.914. The molecule has 1 atom stereocenters. The summed E-state index contributed by atoms with van der Waals surface area (Å²) in [5.41, 5.74) is 0.435. The maximum Gasteiger partial charge on any atom is 0.178 e. The molecule has 0 amide bonds. The van der Waals surface area contributed by atoms with Crippen molar-refractivity contribution in [2.75, 3.05) is 5.75 Å². The van der Waals surface area contributed by atoms with E-state index in [4.69, 9.17) is 0 Å². The topological polar surface area (TPSA) is 54.4 Å². The molecule has 0 spiro atoms. The number of benzene rings is 1. The zero-order valence-corrected chi connectivity index (χ0v) is 12.3. The van der Waals surface area contributed by atoms with Crippen LogP contribution < -0.4 is 0 Å². The van der Waals surface area contributed by atoms with Gasteiger partial charge in [0, 0.05) is 6.42 Å². The molecule has 0 bridgehead atoms. The fourth-order valence-corrected chi connectivity index (χ4v) is 2.79. The first-order chi connectivity index (χ1) is 8.18. The summed E-state index contributed by atoms with van der Waals surface area (Å²) in [7, 11) is -3.23. The summed E-state index contributed by atoms with van der Waals surface area (Å²) in [6, 6.07) is 6.91. The minimum Gasteiger partial charge on any atom is -0.392 e. The van der Waals surface area contributed by atoms with Crippen LogP contribution >= 0.6 is 0 Å². The minimum absolute atomic E-state index is 0.0790. The fourth-order valence-electron chi connectivity index (χ4n) is 1.65. The molecular formula is C14H22O3S. The Balaban J connectivity index is 3.12. The summed E-state index contributed by atoms with van der Waals surface area (Å²) in [5, 5.41) is 10.1. The first-order valence-electron chi connectivity index (χ1n) is 6.17. The lowest BCUT2D eigenvalue weighted by Gasteiger charge is -2.26. The van der Waals surface area contributed by atoms with Crippen LogP contribution in [0, 0.1) is 5.41 Å². The Labute approximate surface area is 110 Å². The molecule has 1 aromatic rings. The first kappa shape index (κ1) is 15.2. The second-order valence-corrected chi connectivity index (χ2v) is 7.84. The van der Waals surface area contributed by atoms with Crippen LogP contribution in [0.15, 0.2) is 29.2 Å². The van der Waals surface area contributed by atoms with Crippen LogP contribution in [0.2, 0.25) is 0 Å². The third kappa shape index (κ3) is 3.56. The molecule has 0 fully saturated rings. The van der Waals surface area contributed by atoms with Crippen molar-refractivity contribution in [1.82, 2.24) is 0 Å². The Kier molecular flexibility index (Phi) is 4.56. The van der Waals surface area contributed by atoms with Crippen molar-refractivity contribution < 1.29 is 13.5 Å². The SMILES string of the molecule is CCS(=O)(=O)c1ccccc1CC(O)C(C)(C)C. The van der Waals surface area contributed by atoms with E-state index in [9.17, 15) is 13.5 Å². The largest absolute Gasteiger partial charge is 0.392 e. The molecule has 1 N–H and O–H groups in total. The summed E-state index contributed by atoms with van der Waals surface area (Å²) >= 11 is 0. The second kappa shape index (κ2) is 5.41. The van der Waals surface area contributed by atoms with E-state index >= 15 is 0 Å². The number of aliphatic hydroxyl groups excluding tert-OH is 1. The van der Waals surface area contributed by atoms with E-state index in [1.54, 1.807) is 31.2 Å². The van der Waals surface area contributed by atoms with Crippen LogP contribution in [-0.2, 0) is 16.3 Å². The van der Waals surface area contributed by atoms with Gasteiger partial charge in [-0.1, -0.05) is 45.9 Å². The lowest BCUT2D eigenvalue weighted by molar-refractivity contribution is 0.0631. The molecule has 1 rings (SSSR count). The lowest BCUT2D eigenvalue weighted by atomic mass is 9.85. The average Bonchev–Trinajstić information content (AvgIpc) is 2.28. The van der Waals surface area contributed by atoms with Gasteiger partial charge in [-0.25, -0.2) is 8.42 Å². The molecule has 4 heteroatoms. The highest BCUT2D eigenvalue weighted by molar-refractivity contribution is 7.91. The van der Waals surface area contributed by atoms with E-state index in [2.05, 4.69) is 0 Å². The van der Waals surface area contributed by atoms with Crippen LogP contribution in [0.5, 0.6) is 0 Å². The molecule has 0 aliphatic rings. The number of sulfone groups is 1. The third-order valence-electron chi connectivity index (χ3n) is 3.10. The van der Waals surface area contributed by atoms with Crippen molar-refractivity contribution in [3.8, 4) is 0 Å². The summed E-state index contributed by atoms with van der Waals surface area (Å²) in [6.45, 7) is 7.45. The normalized spacial score (nSPS) is 14.5. The van der Waals surface area contributed by atoms with Crippen LogP contribution in [0.3, 0.4) is 0 Å². The van der Waals surface area contributed by atoms with Gasteiger partial charge in [0.2, 0.25) is 0 Å². The molecule has 3 nitrogen and oxygen atoms in total. The van der Waals surface area contributed by atoms with Crippen molar-refractivity contribution in [2.45, 2.75) is 45.1 Å². The Morgan fingerprint density at radius 1 is 1.22 bits per heavy atom. The molecule has 0 aromatic heterocycles. The van der Waals surface area contributed by atoms with Gasteiger partial charge in [0.25, 0.3) is 0 Å². The van der Waals surface area contributed by atoms with Crippen molar-refractivity contribution in [2.24, 2.45) is 5.41 Å².